The molecule has 4 nitrogen and oxygen atoms in total. The van der Waals surface area contributed by atoms with Crippen molar-refractivity contribution in [3.05, 3.63) is 168 Å². The van der Waals surface area contributed by atoms with Crippen molar-refractivity contribution in [3.63, 3.8) is 0 Å². The third-order valence-corrected chi connectivity index (χ3v) is 12.4. The molecule has 1 radical (unpaired) electrons. The molecule has 9 rings (SSSR count). The Morgan fingerprint density at radius 2 is 1.50 bits per heavy atom. The average Bonchev–Trinajstić information content (AvgIpc) is 3.83. The number of hydrogen-bond donors (Lipinski definition) is 0. The minimum Gasteiger partial charge on any atom is -0.501 e. The van der Waals surface area contributed by atoms with Gasteiger partial charge in [0.05, 0.1) is 30.5 Å². The molecule has 0 atom stereocenters. The SMILES string of the molecule is [2H]C([2H])([2H])c1ccc2c(c1)oc1c(-c3nc4ccccc4n3-c3c(C(C)C)cc(-c4ccccc4)cc3C(C)C)[c-]ccc12.[2H]c1[c-]c(-c2ccc([Si](C)(C)C)cn2)cc([2H])c1[2H].[Ir]. The predicted molar refractivity (Wildman–Crippen MR) is 242 cm³/mol. The zero-order valence-electron chi connectivity index (χ0n) is 39.8. The van der Waals surface area contributed by atoms with Crippen LogP contribution in [0.2, 0.25) is 19.6 Å². The number of furan rings is 1. The van der Waals surface area contributed by atoms with Gasteiger partial charge in [0.25, 0.3) is 0 Å². The monoisotopic (exact) mass is 958 g/mol. The van der Waals surface area contributed by atoms with Crippen molar-refractivity contribution in [3.8, 4) is 39.5 Å². The van der Waals surface area contributed by atoms with Gasteiger partial charge in [-0.05, 0) is 89.1 Å². The number of rotatable bonds is 7. The molecule has 0 unspecified atom stereocenters. The molecule has 0 N–H and O–H groups in total. The van der Waals surface area contributed by atoms with Crippen molar-refractivity contribution in [2.45, 2.75) is 66.0 Å². The van der Waals surface area contributed by atoms with Gasteiger partial charge < -0.3 is 14.0 Å². The number of imidazole rings is 1. The Balaban J connectivity index is 0.000000258. The molecule has 0 aliphatic carbocycles. The number of nitrogens with zero attached hydrogens (tertiary/aromatic N) is 3. The first-order valence-electron chi connectivity index (χ1n) is 22.5. The summed E-state index contributed by atoms with van der Waals surface area (Å²) in [5.41, 5.74) is 11.3. The molecule has 6 aromatic carbocycles. The fourth-order valence-corrected chi connectivity index (χ4v) is 8.39. The number of para-hydroxylation sites is 2. The van der Waals surface area contributed by atoms with Crippen LogP contribution < -0.4 is 5.19 Å². The molecule has 0 amide bonds. The van der Waals surface area contributed by atoms with Gasteiger partial charge >= 0.3 is 0 Å². The van der Waals surface area contributed by atoms with Gasteiger partial charge in [-0.2, -0.15) is 0 Å². The average molecular weight is 958 g/mol. The van der Waals surface area contributed by atoms with Crippen molar-refractivity contribution < 1.29 is 32.7 Å². The van der Waals surface area contributed by atoms with Crippen molar-refractivity contribution in [1.29, 1.82) is 0 Å². The standard InChI is InChI=1S/C38H33N2O.C14H16NSi.Ir/c1-23(2)31-21-27(26-12-7-6-8-13-26)22-32(24(3)4)36(31)40-34-17-10-9-16-33(34)39-38(40)30-15-11-14-29-28-19-18-25(5)20-35(28)41-37(29)30;1-16(2,3)13-9-10-14(15-11-13)12-7-5-4-6-8-12;/h6-14,16-24H,1-5H3;4-7,9-11H,1-3H3;/q2*-1;/i5D3;4D,5D,6D;. The van der Waals surface area contributed by atoms with E-state index in [-0.39, 0.29) is 55.6 Å². The fraction of sp³-hybridized carbons (Fsp3) is 0.192. The van der Waals surface area contributed by atoms with Crippen LogP contribution in [-0.2, 0) is 20.1 Å². The zero-order valence-corrected chi connectivity index (χ0v) is 37.2. The second-order valence-corrected chi connectivity index (χ2v) is 21.2. The normalized spacial score (nSPS) is 13.3. The predicted octanol–water partition coefficient (Wildman–Crippen LogP) is 13.7. The van der Waals surface area contributed by atoms with Crippen molar-refractivity contribution >= 4 is 46.2 Å². The molecule has 0 aliphatic heterocycles. The van der Waals surface area contributed by atoms with Gasteiger partial charge in [-0.1, -0.05) is 125 Å². The Labute approximate surface area is 365 Å². The third-order valence-electron chi connectivity index (χ3n) is 10.4. The second kappa shape index (κ2) is 16.8. The minimum atomic E-state index is -2.22. The smallest absolute Gasteiger partial charge is 0.121 e. The van der Waals surface area contributed by atoms with Crippen LogP contribution in [0, 0.1) is 19.0 Å². The van der Waals surface area contributed by atoms with Gasteiger partial charge in [-0.25, -0.2) is 0 Å². The summed E-state index contributed by atoms with van der Waals surface area (Å²) >= 11 is 0. The Morgan fingerprint density at radius 1 is 0.759 bits per heavy atom. The van der Waals surface area contributed by atoms with E-state index in [9.17, 15) is 0 Å². The van der Waals surface area contributed by atoms with Crippen LogP contribution in [0.5, 0.6) is 0 Å². The maximum absolute atomic E-state index is 7.90. The van der Waals surface area contributed by atoms with E-state index in [1.165, 1.54) is 33.5 Å². The summed E-state index contributed by atoms with van der Waals surface area (Å²) in [6, 6.07) is 44.0. The molecule has 6 heteroatoms. The molecular weight excluding hydrogens is 903 g/mol. The molecule has 0 saturated heterocycles. The summed E-state index contributed by atoms with van der Waals surface area (Å²) < 4.78 is 55.2. The molecule has 0 aliphatic rings. The van der Waals surface area contributed by atoms with Gasteiger partial charge in [-0.15, -0.1) is 54.0 Å². The van der Waals surface area contributed by atoms with Crippen LogP contribution in [0.4, 0.5) is 0 Å². The van der Waals surface area contributed by atoms with Gasteiger partial charge in [0.1, 0.15) is 5.58 Å². The van der Waals surface area contributed by atoms with Crippen molar-refractivity contribution in [2.24, 2.45) is 0 Å². The molecule has 0 bridgehead atoms. The van der Waals surface area contributed by atoms with Crippen LogP contribution in [0.1, 0.15) is 64.4 Å². The van der Waals surface area contributed by atoms with E-state index < -0.39 is 14.9 Å². The van der Waals surface area contributed by atoms with Gasteiger partial charge in [-0.3, -0.25) is 4.98 Å². The molecule has 3 heterocycles. The molecule has 0 saturated carbocycles. The van der Waals surface area contributed by atoms with Gasteiger partial charge in [0.15, 0.2) is 0 Å². The van der Waals surface area contributed by atoms with E-state index in [0.717, 1.165) is 38.9 Å². The Morgan fingerprint density at radius 3 is 2.17 bits per heavy atom. The Kier molecular flexibility index (Phi) is 9.74. The summed E-state index contributed by atoms with van der Waals surface area (Å²) in [5.74, 6) is 1.22. The Bertz CT molecular complexity index is 3080. The van der Waals surface area contributed by atoms with Crippen molar-refractivity contribution in [1.82, 2.24) is 14.5 Å². The van der Waals surface area contributed by atoms with Crippen LogP contribution in [0.15, 0.2) is 144 Å². The topological polar surface area (TPSA) is 43.9 Å². The first kappa shape index (κ1) is 33.6. The van der Waals surface area contributed by atoms with Crippen LogP contribution in [-0.4, -0.2) is 22.6 Å². The fourth-order valence-electron chi connectivity index (χ4n) is 7.36. The minimum absolute atomic E-state index is 0. The summed E-state index contributed by atoms with van der Waals surface area (Å²) in [7, 11) is -1.36. The largest absolute Gasteiger partial charge is 0.501 e. The molecule has 0 spiro atoms. The number of aromatic nitrogens is 3. The summed E-state index contributed by atoms with van der Waals surface area (Å²) in [4.78, 5) is 9.60. The van der Waals surface area contributed by atoms with Crippen LogP contribution >= 0.6 is 0 Å². The van der Waals surface area contributed by atoms with E-state index in [1.807, 2.05) is 48.7 Å². The van der Waals surface area contributed by atoms with E-state index >= 15 is 0 Å². The number of pyridine rings is 1. The molecule has 3 aromatic heterocycles. The van der Waals surface area contributed by atoms with Crippen LogP contribution in [0.3, 0.4) is 0 Å². The number of hydrogen-bond acceptors (Lipinski definition) is 3. The maximum atomic E-state index is 7.90. The summed E-state index contributed by atoms with van der Waals surface area (Å²) in [6.07, 6.45) is 1.87. The van der Waals surface area contributed by atoms with Gasteiger partial charge in [0.2, 0.25) is 0 Å². The second-order valence-electron chi connectivity index (χ2n) is 16.1. The van der Waals surface area contributed by atoms with Gasteiger partial charge in [0, 0.05) is 44.2 Å². The molecule has 58 heavy (non-hydrogen) atoms. The third kappa shape index (κ3) is 8.02. The van der Waals surface area contributed by atoms with E-state index in [0.29, 0.717) is 22.4 Å². The number of fused-ring (bicyclic) bond motifs is 4. The molecule has 9 aromatic rings. The zero-order chi connectivity index (χ0) is 45.0. The van der Waals surface area contributed by atoms with E-state index in [4.69, 9.17) is 17.6 Å². The quantitative estimate of drug-likeness (QED) is 0.118. The summed E-state index contributed by atoms with van der Waals surface area (Å²) in [5, 5.41) is 3.03. The first-order chi connectivity index (χ1) is 29.9. The molecule has 293 valence electrons. The first-order valence-corrected chi connectivity index (χ1v) is 23.0. The van der Waals surface area contributed by atoms with Crippen molar-refractivity contribution in [2.75, 3.05) is 0 Å². The van der Waals surface area contributed by atoms with E-state index in [1.54, 1.807) is 12.1 Å². The molecular formula is C52H49IrN3OSi-2. The maximum Gasteiger partial charge on any atom is 0.121 e. The number of benzene rings is 6. The number of aryl methyl sites for hydroxylation is 1. The Hall–Kier alpha value is -5.39. The van der Waals surface area contributed by atoms with E-state index in [2.05, 4.69) is 124 Å². The van der Waals surface area contributed by atoms with Crippen LogP contribution in [0.25, 0.3) is 72.4 Å². The molecule has 0 fully saturated rings. The summed E-state index contributed by atoms with van der Waals surface area (Å²) in [6.45, 7) is 13.5.